The summed E-state index contributed by atoms with van der Waals surface area (Å²) in [5, 5.41) is 12.2. The predicted octanol–water partition coefficient (Wildman–Crippen LogP) is 5.20. The third-order valence-electron chi connectivity index (χ3n) is 6.94. The van der Waals surface area contributed by atoms with Gasteiger partial charge in [-0.3, -0.25) is 9.13 Å². The van der Waals surface area contributed by atoms with E-state index >= 15 is 0 Å². The molecule has 16 heteroatoms. The van der Waals surface area contributed by atoms with Gasteiger partial charge in [-0.15, -0.1) is 13.2 Å². The van der Waals surface area contributed by atoms with Crippen molar-refractivity contribution in [2.75, 3.05) is 18.4 Å². The highest BCUT2D eigenvalue weighted by Crippen LogP contribution is 2.30. The molecule has 3 aromatic heterocycles. The zero-order valence-electron chi connectivity index (χ0n) is 24.8. The van der Waals surface area contributed by atoms with E-state index in [0.29, 0.717) is 48.5 Å². The number of carboxylic acids is 1. The van der Waals surface area contributed by atoms with Gasteiger partial charge < -0.3 is 24.8 Å². The summed E-state index contributed by atoms with van der Waals surface area (Å²) in [6, 6.07) is 7.38. The Morgan fingerprint density at radius 3 is 2.24 bits per heavy atom. The van der Waals surface area contributed by atoms with Gasteiger partial charge in [0.25, 0.3) is 0 Å². The maximum absolute atomic E-state index is 14.1. The van der Waals surface area contributed by atoms with Crippen LogP contribution < -0.4 is 15.7 Å². The van der Waals surface area contributed by atoms with E-state index in [2.05, 4.69) is 25.0 Å². The van der Waals surface area contributed by atoms with Crippen molar-refractivity contribution in [3.8, 4) is 11.4 Å². The van der Waals surface area contributed by atoms with E-state index in [1.54, 1.807) is 32.6 Å². The number of nitrogens with zero attached hydrogens (tertiary/aromatic N) is 6. The number of rotatable bonds is 6. The van der Waals surface area contributed by atoms with E-state index in [1.165, 1.54) is 39.6 Å². The minimum Gasteiger partial charge on any atom is -0.477 e. The first-order valence-electron chi connectivity index (χ1n) is 13.9. The van der Waals surface area contributed by atoms with Crippen LogP contribution in [0.5, 0.6) is 5.75 Å². The van der Waals surface area contributed by atoms with Crippen LogP contribution in [0.4, 0.5) is 29.6 Å². The number of aryl methyl sites for hydroxylation is 1. The Balaban J connectivity index is 1.53. The Kier molecular flexibility index (Phi) is 8.16. The molecule has 1 aromatic carbocycles. The van der Waals surface area contributed by atoms with Gasteiger partial charge in [-0.05, 0) is 76.9 Å². The number of pyridine rings is 1. The van der Waals surface area contributed by atoms with Crippen molar-refractivity contribution in [3.63, 3.8) is 0 Å². The molecule has 0 aliphatic carbocycles. The second-order valence-electron chi connectivity index (χ2n) is 11.4. The van der Waals surface area contributed by atoms with Crippen LogP contribution in [0.15, 0.2) is 47.4 Å². The van der Waals surface area contributed by atoms with Crippen LogP contribution in [0.25, 0.3) is 16.9 Å². The molecule has 1 aliphatic heterocycles. The molecule has 4 aromatic rings. The Hall–Kier alpha value is -5.15. The number of aromatic carboxylic acids is 1. The molecule has 0 bridgehead atoms. The van der Waals surface area contributed by atoms with Crippen LogP contribution in [-0.2, 0) is 4.74 Å². The lowest BCUT2D eigenvalue weighted by Crippen LogP contribution is -2.43. The van der Waals surface area contributed by atoms with Crippen molar-refractivity contribution < 1.29 is 37.3 Å². The number of imidazole rings is 1. The second-order valence-corrected chi connectivity index (χ2v) is 11.4. The molecule has 0 atom stereocenters. The predicted molar refractivity (Wildman–Crippen MR) is 155 cm³/mol. The van der Waals surface area contributed by atoms with E-state index in [4.69, 9.17) is 4.74 Å². The smallest absolute Gasteiger partial charge is 0.477 e. The summed E-state index contributed by atoms with van der Waals surface area (Å²) < 4.78 is 50.0. The van der Waals surface area contributed by atoms with E-state index in [0.717, 1.165) is 12.1 Å². The number of piperidine rings is 1. The van der Waals surface area contributed by atoms with E-state index in [-0.39, 0.29) is 23.3 Å². The van der Waals surface area contributed by atoms with E-state index in [9.17, 15) is 32.7 Å². The van der Waals surface area contributed by atoms with Gasteiger partial charge in [-0.2, -0.15) is 4.98 Å². The zero-order valence-corrected chi connectivity index (χ0v) is 24.8. The van der Waals surface area contributed by atoms with Crippen molar-refractivity contribution in [1.29, 1.82) is 0 Å². The molecule has 0 spiro atoms. The molecule has 13 nitrogen and oxygen atoms in total. The molecule has 1 saturated heterocycles. The monoisotopic (exact) mass is 629 g/mol. The number of fused-ring (bicyclic) bond motifs is 1. The Morgan fingerprint density at radius 1 is 1.02 bits per heavy atom. The highest BCUT2D eigenvalue weighted by atomic mass is 19.4. The number of hydrogen-bond donors (Lipinski definition) is 2. The topological polar surface area (TPSA) is 154 Å². The minimum absolute atomic E-state index is 0.0842. The average molecular weight is 630 g/mol. The van der Waals surface area contributed by atoms with Gasteiger partial charge in [0.05, 0.1) is 17.6 Å². The number of hydrogen-bond acceptors (Lipinski definition) is 9. The van der Waals surface area contributed by atoms with Crippen molar-refractivity contribution in [2.45, 2.75) is 58.5 Å². The standard InChI is InChI=1S/C29H30F3N7O6/c1-16-22-23(36-25(34-16)35-17-5-8-20(9-6-17)44-29(30,31)32)39(18-11-13-37(14-12-18)27(43)45-28(2,3)4)26(42)38(22)19-7-10-21(24(40)41)33-15-19/h5-10,15,18H,11-14H2,1-4H3,(H,40,41)(H,34,35,36). The van der Waals surface area contributed by atoms with Gasteiger partial charge in [-0.1, -0.05) is 0 Å². The lowest BCUT2D eigenvalue weighted by atomic mass is 10.1. The molecule has 5 rings (SSSR count). The van der Waals surface area contributed by atoms with Crippen LogP contribution in [-0.4, -0.2) is 71.2 Å². The van der Waals surface area contributed by atoms with Gasteiger partial charge in [0.1, 0.15) is 22.6 Å². The number of anilines is 2. The molecule has 1 aliphatic rings. The second kappa shape index (κ2) is 11.7. The van der Waals surface area contributed by atoms with Gasteiger partial charge in [-0.25, -0.2) is 24.4 Å². The molecule has 0 saturated carbocycles. The molecular formula is C29H30F3N7O6. The number of carbonyl (C=O) groups is 2. The first kappa shape index (κ1) is 31.3. The fraction of sp³-hybridized carbons (Fsp3) is 0.379. The quantitative estimate of drug-likeness (QED) is 0.291. The number of ether oxygens (including phenoxy) is 2. The van der Waals surface area contributed by atoms with Crippen molar-refractivity contribution >= 4 is 34.9 Å². The first-order chi connectivity index (χ1) is 21.1. The highest BCUT2D eigenvalue weighted by molar-refractivity contribution is 5.85. The zero-order chi connectivity index (χ0) is 32.7. The van der Waals surface area contributed by atoms with E-state index in [1.807, 2.05) is 0 Å². The van der Waals surface area contributed by atoms with E-state index < -0.39 is 35.5 Å². The SMILES string of the molecule is Cc1nc(Nc2ccc(OC(F)(F)F)cc2)nc2c1n(-c1ccc(C(=O)O)nc1)c(=O)n2C1CCN(C(=O)OC(C)(C)C)CC1. The van der Waals surface area contributed by atoms with Crippen LogP contribution in [0.1, 0.15) is 55.8 Å². The number of carbonyl (C=O) groups excluding carboxylic acids is 1. The van der Waals surface area contributed by atoms with Crippen LogP contribution in [0.3, 0.4) is 0 Å². The minimum atomic E-state index is -4.83. The highest BCUT2D eigenvalue weighted by Gasteiger charge is 2.32. The summed E-state index contributed by atoms with van der Waals surface area (Å²) in [6.45, 7) is 7.66. The molecule has 45 heavy (non-hydrogen) atoms. The summed E-state index contributed by atoms with van der Waals surface area (Å²) in [4.78, 5) is 52.7. The van der Waals surface area contributed by atoms with Crippen LogP contribution >= 0.6 is 0 Å². The van der Waals surface area contributed by atoms with Gasteiger partial charge >= 0.3 is 24.1 Å². The number of aromatic nitrogens is 5. The summed E-state index contributed by atoms with van der Waals surface area (Å²) in [6.07, 6.45) is -3.17. The molecule has 4 heterocycles. The molecule has 0 unspecified atom stereocenters. The van der Waals surface area contributed by atoms with Crippen molar-refractivity contribution in [3.05, 3.63) is 64.5 Å². The van der Waals surface area contributed by atoms with Crippen molar-refractivity contribution in [2.24, 2.45) is 0 Å². The number of nitrogens with one attached hydrogen (secondary N) is 1. The van der Waals surface area contributed by atoms with Crippen molar-refractivity contribution in [1.82, 2.24) is 29.0 Å². The number of halogens is 3. The number of likely N-dealkylation sites (tertiary alicyclic amines) is 1. The molecule has 0 radical (unpaired) electrons. The maximum Gasteiger partial charge on any atom is 0.573 e. The average Bonchev–Trinajstić information content (AvgIpc) is 3.24. The largest absolute Gasteiger partial charge is 0.573 e. The number of benzene rings is 1. The molecule has 1 amide bonds. The Bertz CT molecular complexity index is 1790. The lowest BCUT2D eigenvalue weighted by molar-refractivity contribution is -0.274. The number of carboxylic acid groups (broad SMARTS) is 1. The maximum atomic E-state index is 14.1. The third kappa shape index (κ3) is 6.99. The van der Waals surface area contributed by atoms with Gasteiger partial charge in [0, 0.05) is 24.8 Å². The summed E-state index contributed by atoms with van der Waals surface area (Å²) >= 11 is 0. The van der Waals surface area contributed by atoms with Crippen LogP contribution in [0.2, 0.25) is 0 Å². The lowest BCUT2D eigenvalue weighted by Gasteiger charge is -2.33. The van der Waals surface area contributed by atoms with Crippen LogP contribution in [0, 0.1) is 6.92 Å². The normalized spacial score (nSPS) is 14.4. The number of alkyl halides is 3. The third-order valence-corrected chi connectivity index (χ3v) is 6.94. The van der Waals surface area contributed by atoms with Gasteiger partial charge in [0.15, 0.2) is 5.65 Å². The summed E-state index contributed by atoms with van der Waals surface area (Å²) in [5.74, 6) is -1.53. The van der Waals surface area contributed by atoms with Gasteiger partial charge in [0.2, 0.25) is 5.95 Å². The Labute approximate surface area is 254 Å². The summed E-state index contributed by atoms with van der Waals surface area (Å²) in [5.41, 5.74) is 0.368. The molecular weight excluding hydrogens is 599 g/mol. The summed E-state index contributed by atoms with van der Waals surface area (Å²) in [7, 11) is 0. The molecule has 1 fully saturated rings. The fourth-order valence-electron chi connectivity index (χ4n) is 5.05. The Morgan fingerprint density at radius 2 is 1.69 bits per heavy atom. The molecule has 2 N–H and O–H groups in total. The number of amides is 1. The molecule has 238 valence electrons. The first-order valence-corrected chi connectivity index (χ1v) is 13.9. The fourth-order valence-corrected chi connectivity index (χ4v) is 5.05.